The molecule has 0 spiro atoms. The molecule has 1 unspecified atom stereocenters. The van der Waals surface area contributed by atoms with Gasteiger partial charge >= 0.3 is 0 Å². The molecule has 5 N–H and O–H groups in total. The van der Waals surface area contributed by atoms with Crippen LogP contribution < -0.4 is 16.8 Å². The minimum atomic E-state index is -1.96. The Bertz CT molecular complexity index is 1410. The number of amides is 3. The molecule has 3 fully saturated rings. The van der Waals surface area contributed by atoms with E-state index in [1.807, 2.05) is 0 Å². The number of carbonyl (C=O) groups excluding carboxylic acids is 3. The molecule has 0 aliphatic heterocycles. The Labute approximate surface area is 235 Å². The average molecular weight is 576 g/mol. The maximum Gasteiger partial charge on any atom is 0.269 e. The lowest BCUT2D eigenvalue weighted by atomic mass is 9.57. The fourth-order valence-corrected chi connectivity index (χ4v) is 7.60. The van der Waals surface area contributed by atoms with Gasteiger partial charge in [0, 0.05) is 29.7 Å². The molecular weight excluding hydrogens is 542 g/mol. The molecule has 1 aromatic rings. The molecule has 2 bridgehead atoms. The van der Waals surface area contributed by atoms with Gasteiger partial charge in [0.25, 0.3) is 6.08 Å². The third-order valence-electron chi connectivity index (χ3n) is 9.86. The first-order chi connectivity index (χ1) is 19.3. The van der Waals surface area contributed by atoms with Gasteiger partial charge in [-0.2, -0.15) is 8.78 Å². The molecule has 1 aromatic carbocycles. The number of allylic oxidation sites excluding steroid dienone is 4. The molecule has 5 atom stereocenters. The van der Waals surface area contributed by atoms with Crippen molar-refractivity contribution in [3.8, 4) is 0 Å². The van der Waals surface area contributed by atoms with E-state index in [-0.39, 0.29) is 52.2 Å². The third kappa shape index (κ3) is 4.63. The first kappa shape index (κ1) is 28.9. The van der Waals surface area contributed by atoms with Crippen molar-refractivity contribution in [2.24, 2.45) is 46.0 Å². The van der Waals surface area contributed by atoms with Gasteiger partial charge in [0.2, 0.25) is 17.7 Å². The van der Waals surface area contributed by atoms with E-state index in [9.17, 15) is 23.2 Å². The Morgan fingerprint density at radius 1 is 1.15 bits per heavy atom. The molecular formula is C30H33F4N3O4. The fourth-order valence-electron chi connectivity index (χ4n) is 7.60. The van der Waals surface area contributed by atoms with Crippen molar-refractivity contribution in [2.45, 2.75) is 45.4 Å². The van der Waals surface area contributed by atoms with E-state index >= 15 is 8.78 Å². The molecule has 3 amide bonds. The highest BCUT2D eigenvalue weighted by Crippen LogP contribution is 2.65. The highest BCUT2D eigenvalue weighted by Gasteiger charge is 2.65. The fraction of sp³-hybridized carbons (Fsp3) is 0.500. The maximum atomic E-state index is 15.6. The average Bonchev–Trinajstić information content (AvgIpc) is 3.50. The summed E-state index contributed by atoms with van der Waals surface area (Å²) in [5.74, 6) is -7.76. The summed E-state index contributed by atoms with van der Waals surface area (Å²) in [5.41, 5.74) is 8.47. The number of benzene rings is 1. The van der Waals surface area contributed by atoms with Gasteiger partial charge in [-0.3, -0.25) is 14.4 Å². The first-order valence-electron chi connectivity index (χ1n) is 13.7. The Balaban J connectivity index is 1.63. The molecule has 220 valence electrons. The SMILES string of the molecule is COC1=CC(F)=C(c2cc(C(N)=O)ccc2F)CC1(C(N)=O)[C@H]1[C@@H](C(=O)NCC2(C)CCC2)[C@@H]2CC(=C(F)F)[C@@H]1C2. The molecule has 0 saturated heterocycles. The summed E-state index contributed by atoms with van der Waals surface area (Å²) in [5, 5.41) is 2.98. The molecule has 3 saturated carbocycles. The van der Waals surface area contributed by atoms with E-state index in [2.05, 4.69) is 12.2 Å². The maximum absolute atomic E-state index is 15.6. The lowest BCUT2D eigenvalue weighted by molar-refractivity contribution is -0.138. The van der Waals surface area contributed by atoms with Crippen molar-refractivity contribution in [1.29, 1.82) is 0 Å². The third-order valence-corrected chi connectivity index (χ3v) is 9.86. The number of methoxy groups -OCH3 is 1. The number of primary amides is 2. The van der Waals surface area contributed by atoms with Gasteiger partial charge in [-0.1, -0.05) is 13.3 Å². The summed E-state index contributed by atoms with van der Waals surface area (Å²) in [6.45, 7) is 2.45. The van der Waals surface area contributed by atoms with Gasteiger partial charge in [-0.15, -0.1) is 0 Å². The van der Waals surface area contributed by atoms with E-state index < -0.39 is 65.0 Å². The van der Waals surface area contributed by atoms with E-state index in [4.69, 9.17) is 16.2 Å². The normalized spacial score (nSPS) is 30.0. The Morgan fingerprint density at radius 2 is 1.85 bits per heavy atom. The number of ether oxygens (including phenoxy) is 1. The molecule has 0 radical (unpaired) electrons. The second-order valence-corrected chi connectivity index (χ2v) is 12.1. The predicted molar refractivity (Wildman–Crippen MR) is 142 cm³/mol. The van der Waals surface area contributed by atoms with Crippen LogP contribution >= 0.6 is 0 Å². The highest BCUT2D eigenvalue weighted by molar-refractivity contribution is 5.95. The molecule has 0 aromatic heterocycles. The number of nitrogens with two attached hydrogens (primary N) is 2. The lowest BCUT2D eigenvalue weighted by Gasteiger charge is -2.47. The number of carbonyl (C=O) groups is 3. The summed E-state index contributed by atoms with van der Waals surface area (Å²) < 4.78 is 64.5. The van der Waals surface area contributed by atoms with Crippen molar-refractivity contribution >= 4 is 23.3 Å². The quantitative estimate of drug-likeness (QED) is 0.388. The molecule has 0 heterocycles. The summed E-state index contributed by atoms with van der Waals surface area (Å²) in [6.07, 6.45) is 1.58. The van der Waals surface area contributed by atoms with E-state index in [1.165, 1.54) is 7.11 Å². The van der Waals surface area contributed by atoms with Gasteiger partial charge < -0.3 is 21.5 Å². The van der Waals surface area contributed by atoms with Crippen molar-refractivity contribution in [1.82, 2.24) is 5.32 Å². The molecule has 41 heavy (non-hydrogen) atoms. The number of rotatable bonds is 8. The molecule has 11 heteroatoms. The van der Waals surface area contributed by atoms with Crippen LogP contribution in [-0.4, -0.2) is 31.4 Å². The molecule has 7 nitrogen and oxygen atoms in total. The van der Waals surface area contributed by atoms with Crippen LogP contribution in [0.2, 0.25) is 0 Å². The zero-order valence-corrected chi connectivity index (χ0v) is 22.9. The van der Waals surface area contributed by atoms with Gasteiger partial charge in [0.05, 0.1) is 7.11 Å². The Kier molecular flexibility index (Phi) is 7.28. The second kappa shape index (κ2) is 10.3. The molecule has 4 aliphatic rings. The van der Waals surface area contributed by atoms with E-state index in [0.29, 0.717) is 6.54 Å². The number of halogens is 4. The van der Waals surface area contributed by atoms with Crippen LogP contribution in [0.25, 0.3) is 5.57 Å². The Hall–Kier alpha value is -3.63. The summed E-state index contributed by atoms with van der Waals surface area (Å²) in [6, 6.07) is 3.16. The minimum absolute atomic E-state index is 0.00787. The monoisotopic (exact) mass is 575 g/mol. The van der Waals surface area contributed by atoms with Crippen LogP contribution in [0.1, 0.15) is 61.4 Å². The van der Waals surface area contributed by atoms with Crippen LogP contribution in [0.5, 0.6) is 0 Å². The van der Waals surface area contributed by atoms with Crippen molar-refractivity contribution in [3.05, 3.63) is 64.5 Å². The number of fused-ring (bicyclic) bond motifs is 2. The second-order valence-electron chi connectivity index (χ2n) is 12.1. The molecule has 4 aliphatic carbocycles. The highest BCUT2D eigenvalue weighted by atomic mass is 19.3. The summed E-state index contributed by atoms with van der Waals surface area (Å²) in [4.78, 5) is 39.1. The van der Waals surface area contributed by atoms with Crippen LogP contribution in [0, 0.1) is 40.3 Å². The van der Waals surface area contributed by atoms with E-state index in [0.717, 1.165) is 43.5 Å². The van der Waals surface area contributed by atoms with Crippen LogP contribution in [0.3, 0.4) is 0 Å². The minimum Gasteiger partial charge on any atom is -0.500 e. The van der Waals surface area contributed by atoms with Crippen LogP contribution in [-0.2, 0) is 14.3 Å². The summed E-state index contributed by atoms with van der Waals surface area (Å²) in [7, 11) is 1.20. The number of hydrogen-bond donors (Lipinski definition) is 3. The van der Waals surface area contributed by atoms with Gasteiger partial charge in [-0.05, 0) is 84.6 Å². The zero-order chi connectivity index (χ0) is 29.9. The van der Waals surface area contributed by atoms with Gasteiger partial charge in [0.1, 0.15) is 22.8 Å². The standard InChI is InChI=1S/C30H33F4N3O4/c1-29(6-3-7-29)13-37-27(39)23-15-9-17(18(10-15)25(33)34)24(23)30(28(36)40)12-19(21(32)11-22(30)41-2)16-8-14(26(35)38)4-5-20(16)31/h4-5,8,11,15,17,23-24H,3,6-7,9-10,12-13H2,1-2H3,(H2,35,38)(H2,36,40)(H,37,39)/t15-,17-,23-,24+,30?/m0/s1. The molecule has 5 rings (SSSR count). The Morgan fingerprint density at radius 3 is 2.41 bits per heavy atom. The van der Waals surface area contributed by atoms with Crippen molar-refractivity contribution < 1.29 is 36.7 Å². The predicted octanol–water partition coefficient (Wildman–Crippen LogP) is 4.74. The lowest BCUT2D eigenvalue weighted by Crippen LogP contribution is -2.54. The largest absolute Gasteiger partial charge is 0.500 e. The van der Waals surface area contributed by atoms with Crippen molar-refractivity contribution in [3.63, 3.8) is 0 Å². The topological polar surface area (TPSA) is 125 Å². The summed E-state index contributed by atoms with van der Waals surface area (Å²) >= 11 is 0. The van der Waals surface area contributed by atoms with Crippen LogP contribution in [0.15, 0.2) is 47.5 Å². The van der Waals surface area contributed by atoms with Gasteiger partial charge in [0.15, 0.2) is 0 Å². The van der Waals surface area contributed by atoms with Gasteiger partial charge in [-0.25, -0.2) is 8.78 Å². The number of hydrogen-bond acceptors (Lipinski definition) is 4. The van der Waals surface area contributed by atoms with E-state index in [1.54, 1.807) is 0 Å². The smallest absolute Gasteiger partial charge is 0.269 e. The zero-order valence-electron chi connectivity index (χ0n) is 22.9. The first-order valence-corrected chi connectivity index (χ1v) is 13.7. The number of nitrogens with one attached hydrogen (secondary N) is 1. The van der Waals surface area contributed by atoms with Crippen molar-refractivity contribution in [2.75, 3.05) is 13.7 Å². The van der Waals surface area contributed by atoms with Crippen LogP contribution in [0.4, 0.5) is 17.6 Å².